The molecule has 0 aromatic heterocycles. The molecule has 8 heteroatoms. The molecular formula is C11H27O3S4Si. The summed E-state index contributed by atoms with van der Waals surface area (Å²) in [4.78, 5) is 0. The topological polar surface area (TPSA) is 27.7 Å². The van der Waals surface area contributed by atoms with E-state index in [0.29, 0.717) is 19.8 Å². The molecule has 0 fully saturated rings. The lowest BCUT2D eigenvalue weighted by molar-refractivity contribution is 0.0712. The summed E-state index contributed by atoms with van der Waals surface area (Å²) < 4.78 is 17.5. The predicted octanol–water partition coefficient (Wildman–Crippen LogP) is 4.40. The lowest BCUT2D eigenvalue weighted by Gasteiger charge is -2.32. The molecule has 0 spiro atoms. The average Bonchev–Trinajstić information content (AvgIpc) is 2.39. The molecule has 117 valence electrons. The second kappa shape index (κ2) is 11.1. The molecule has 0 saturated carbocycles. The maximum atomic E-state index is 5.83. The zero-order chi connectivity index (χ0) is 14.8. The fourth-order valence-corrected chi connectivity index (χ4v) is 8.04. The number of thiol groups is 2. The molecule has 0 aliphatic rings. The van der Waals surface area contributed by atoms with Gasteiger partial charge in [0.05, 0.1) is 0 Å². The fourth-order valence-electron chi connectivity index (χ4n) is 1.69. The molecule has 0 saturated heterocycles. The van der Waals surface area contributed by atoms with Crippen LogP contribution in [0.3, 0.4) is 0 Å². The van der Waals surface area contributed by atoms with Crippen molar-refractivity contribution in [2.75, 3.05) is 31.3 Å². The highest BCUT2D eigenvalue weighted by Gasteiger charge is 2.40. The van der Waals surface area contributed by atoms with Crippen molar-refractivity contribution in [2.24, 2.45) is 0 Å². The van der Waals surface area contributed by atoms with Crippen LogP contribution in [0.2, 0.25) is 6.04 Å². The van der Waals surface area contributed by atoms with Crippen LogP contribution >= 0.6 is 41.2 Å². The zero-order valence-electron chi connectivity index (χ0n) is 12.1. The Bertz CT molecular complexity index is 213. The SMILES string of the molecule is [CH2]CS(S)(CCC[Si](OCC)(OCC)OCC)SS. The van der Waals surface area contributed by atoms with Crippen LogP contribution in [0, 0.1) is 6.92 Å². The van der Waals surface area contributed by atoms with Gasteiger partial charge in [-0.3, -0.25) is 0 Å². The van der Waals surface area contributed by atoms with Crippen LogP contribution in [-0.4, -0.2) is 40.1 Å². The highest BCUT2D eigenvalue weighted by molar-refractivity contribution is 9.33. The Labute approximate surface area is 134 Å². The minimum Gasteiger partial charge on any atom is -0.374 e. The number of hydrogen-bond donors (Lipinski definition) is 2. The highest BCUT2D eigenvalue weighted by Crippen LogP contribution is 2.65. The molecule has 0 aromatic rings. The van der Waals surface area contributed by atoms with E-state index in [4.69, 9.17) is 24.9 Å². The predicted molar refractivity (Wildman–Crippen MR) is 98.3 cm³/mol. The first-order valence-electron chi connectivity index (χ1n) is 6.56. The van der Waals surface area contributed by atoms with Crippen molar-refractivity contribution in [3.05, 3.63) is 6.92 Å². The summed E-state index contributed by atoms with van der Waals surface area (Å²) in [6.07, 6.45) is 0.980. The summed E-state index contributed by atoms with van der Waals surface area (Å²) in [7, 11) is -2.02. The Morgan fingerprint density at radius 1 is 1.11 bits per heavy atom. The monoisotopic (exact) mass is 363 g/mol. The molecule has 1 atom stereocenters. The molecule has 0 rings (SSSR count). The van der Waals surface area contributed by atoms with Crippen molar-refractivity contribution in [1.29, 1.82) is 0 Å². The van der Waals surface area contributed by atoms with Gasteiger partial charge in [0, 0.05) is 25.9 Å². The maximum Gasteiger partial charge on any atom is 0.500 e. The van der Waals surface area contributed by atoms with E-state index < -0.39 is 16.9 Å². The van der Waals surface area contributed by atoms with Crippen molar-refractivity contribution in [2.45, 2.75) is 33.2 Å². The van der Waals surface area contributed by atoms with Crippen molar-refractivity contribution in [3.63, 3.8) is 0 Å². The van der Waals surface area contributed by atoms with Gasteiger partial charge in [-0.25, -0.2) is 0 Å². The second-order valence-electron chi connectivity index (χ2n) is 3.84. The third-order valence-electron chi connectivity index (χ3n) is 2.50. The molecular weight excluding hydrogens is 336 g/mol. The third-order valence-corrected chi connectivity index (χ3v) is 14.7. The molecule has 1 unspecified atom stereocenters. The molecule has 0 bridgehead atoms. The van der Waals surface area contributed by atoms with Crippen LogP contribution in [0.15, 0.2) is 0 Å². The molecule has 0 amide bonds. The molecule has 1 radical (unpaired) electrons. The first kappa shape index (κ1) is 20.5. The minimum atomic E-state index is -2.50. The van der Waals surface area contributed by atoms with Crippen molar-refractivity contribution in [3.8, 4) is 0 Å². The molecule has 3 nitrogen and oxygen atoms in total. The molecule has 0 aromatic carbocycles. The van der Waals surface area contributed by atoms with Gasteiger partial charge in [0.2, 0.25) is 0 Å². The Morgan fingerprint density at radius 3 is 1.89 bits per heavy atom. The van der Waals surface area contributed by atoms with Crippen LogP contribution < -0.4 is 0 Å². The van der Waals surface area contributed by atoms with E-state index in [1.54, 1.807) is 0 Å². The molecule has 0 aliphatic heterocycles. The van der Waals surface area contributed by atoms with Gasteiger partial charge < -0.3 is 13.3 Å². The maximum absolute atomic E-state index is 5.83. The summed E-state index contributed by atoms with van der Waals surface area (Å²) in [5.41, 5.74) is 0. The van der Waals surface area contributed by atoms with Crippen LogP contribution in [-0.2, 0) is 13.3 Å². The van der Waals surface area contributed by atoms with E-state index in [2.05, 4.69) is 18.6 Å². The first-order chi connectivity index (χ1) is 9.01. The number of rotatable bonds is 12. The summed E-state index contributed by atoms with van der Waals surface area (Å²) in [6.45, 7) is 11.8. The van der Waals surface area contributed by atoms with Crippen LogP contribution in [0.5, 0.6) is 0 Å². The second-order valence-corrected chi connectivity index (χ2v) is 15.6. The van der Waals surface area contributed by atoms with Gasteiger partial charge >= 0.3 is 8.80 Å². The van der Waals surface area contributed by atoms with Gasteiger partial charge in [0.1, 0.15) is 0 Å². The van der Waals surface area contributed by atoms with E-state index in [1.807, 2.05) is 20.8 Å². The van der Waals surface area contributed by atoms with Gasteiger partial charge in [0.15, 0.2) is 0 Å². The highest BCUT2D eigenvalue weighted by atomic mass is 33.7. The summed E-state index contributed by atoms with van der Waals surface area (Å²) in [5.74, 6) is 1.81. The fraction of sp³-hybridized carbons (Fsp3) is 0.909. The van der Waals surface area contributed by atoms with Gasteiger partial charge in [-0.1, -0.05) is 0 Å². The Morgan fingerprint density at radius 2 is 1.58 bits per heavy atom. The minimum absolute atomic E-state index is 0.627. The molecule has 0 heterocycles. The van der Waals surface area contributed by atoms with Gasteiger partial charge in [-0.05, 0) is 55.4 Å². The summed E-state index contributed by atoms with van der Waals surface area (Å²) >= 11 is 9.01. The first-order valence-corrected chi connectivity index (χ1v) is 13.9. The van der Waals surface area contributed by atoms with Crippen LogP contribution in [0.1, 0.15) is 27.2 Å². The van der Waals surface area contributed by atoms with Crippen LogP contribution in [0.4, 0.5) is 0 Å². The van der Waals surface area contributed by atoms with E-state index in [9.17, 15) is 0 Å². The third kappa shape index (κ3) is 7.89. The van der Waals surface area contributed by atoms with Gasteiger partial charge in [-0.2, -0.15) is 0 Å². The Kier molecular flexibility index (Phi) is 12.0. The summed E-state index contributed by atoms with van der Waals surface area (Å²) in [5, 5.41) is 0. The lowest BCUT2D eigenvalue weighted by Crippen LogP contribution is -2.46. The largest absolute Gasteiger partial charge is 0.500 e. The van der Waals surface area contributed by atoms with Gasteiger partial charge in [0.25, 0.3) is 0 Å². The molecule has 0 aliphatic carbocycles. The van der Waals surface area contributed by atoms with E-state index in [0.717, 1.165) is 24.0 Å². The molecule has 19 heavy (non-hydrogen) atoms. The Balaban J connectivity index is 4.46. The van der Waals surface area contributed by atoms with Gasteiger partial charge in [-0.15, -0.1) is 31.4 Å². The van der Waals surface area contributed by atoms with Crippen LogP contribution in [0.25, 0.3) is 0 Å². The Hall–Kier alpha value is 1.50. The van der Waals surface area contributed by atoms with E-state index in [-0.39, 0.29) is 0 Å². The average molecular weight is 364 g/mol. The molecule has 0 N–H and O–H groups in total. The van der Waals surface area contributed by atoms with E-state index in [1.165, 1.54) is 9.83 Å². The van der Waals surface area contributed by atoms with Crippen molar-refractivity contribution in [1.82, 2.24) is 0 Å². The summed E-state index contributed by atoms with van der Waals surface area (Å²) in [6, 6.07) is 0.839. The standard InChI is InChI=1S/C11H27O3S4Si/c1-5-12-19(13-6-2,14-7-3)11-9-10-18(16,8-4)17-15/h15-16H,4-11H2,1-3H3. The van der Waals surface area contributed by atoms with Crippen molar-refractivity contribution < 1.29 is 13.3 Å². The zero-order valence-corrected chi connectivity index (χ0v) is 16.5. The number of hydrogen-bond acceptors (Lipinski definition) is 6. The van der Waals surface area contributed by atoms with Crippen molar-refractivity contribution >= 4 is 50.0 Å². The quantitative estimate of drug-likeness (QED) is 0.305. The van der Waals surface area contributed by atoms with E-state index >= 15 is 0 Å². The normalized spacial score (nSPS) is 17.2. The lowest BCUT2D eigenvalue weighted by atomic mass is 10.6. The smallest absolute Gasteiger partial charge is 0.374 e.